The predicted molar refractivity (Wildman–Crippen MR) is 157 cm³/mol. The summed E-state index contributed by atoms with van der Waals surface area (Å²) in [6.45, 7) is 1.96. The summed E-state index contributed by atoms with van der Waals surface area (Å²) in [5.74, 6) is -0.240. The van der Waals surface area contributed by atoms with Crippen LogP contribution in [0.2, 0.25) is 0 Å². The van der Waals surface area contributed by atoms with Gasteiger partial charge in [0.2, 0.25) is 10.0 Å². The lowest BCUT2D eigenvalue weighted by Gasteiger charge is -2.39. The number of benzene rings is 5. The van der Waals surface area contributed by atoms with Crippen molar-refractivity contribution in [1.82, 2.24) is 4.72 Å². The van der Waals surface area contributed by atoms with Crippen LogP contribution in [0, 0.1) is 6.92 Å². The maximum atomic E-state index is 13.9. The number of sulfonamides is 1. The average Bonchev–Trinajstić information content (AvgIpc) is 2.97. The number of hydrogen-bond acceptors (Lipinski definition) is 2. The van der Waals surface area contributed by atoms with E-state index in [4.69, 9.17) is 0 Å². The molecule has 0 bridgehead atoms. The van der Waals surface area contributed by atoms with Crippen molar-refractivity contribution in [2.75, 3.05) is 0 Å². The van der Waals surface area contributed by atoms with Crippen molar-refractivity contribution in [3.05, 3.63) is 172 Å². The van der Waals surface area contributed by atoms with Gasteiger partial charge in [-0.3, -0.25) is 0 Å². The third kappa shape index (κ3) is 5.06. The van der Waals surface area contributed by atoms with Gasteiger partial charge in [0, 0.05) is 11.8 Å². The minimum atomic E-state index is -3.82. The van der Waals surface area contributed by atoms with Gasteiger partial charge in [-0.05, 0) is 58.9 Å². The van der Waals surface area contributed by atoms with E-state index in [2.05, 4.69) is 65.4 Å². The van der Waals surface area contributed by atoms with Crippen LogP contribution in [0.25, 0.3) is 0 Å². The van der Waals surface area contributed by atoms with Crippen LogP contribution in [-0.2, 0) is 16.4 Å². The van der Waals surface area contributed by atoms with E-state index in [1.54, 1.807) is 12.1 Å². The molecule has 0 heterocycles. The number of fused-ring (bicyclic) bond motifs is 2. The van der Waals surface area contributed by atoms with Gasteiger partial charge < -0.3 is 0 Å². The van der Waals surface area contributed by atoms with Crippen LogP contribution in [0.3, 0.4) is 0 Å². The summed E-state index contributed by atoms with van der Waals surface area (Å²) in [7, 11) is -3.82. The second kappa shape index (κ2) is 10.6. The molecule has 2 atom stereocenters. The van der Waals surface area contributed by atoms with Crippen LogP contribution in [-0.4, -0.2) is 8.42 Å². The Balaban J connectivity index is 1.58. The lowest BCUT2D eigenvalue weighted by molar-refractivity contribution is 0.454. The van der Waals surface area contributed by atoms with Gasteiger partial charge in [0.15, 0.2) is 0 Å². The molecule has 0 spiro atoms. The van der Waals surface area contributed by atoms with Crippen LogP contribution in [0.15, 0.2) is 138 Å². The van der Waals surface area contributed by atoms with Gasteiger partial charge in [-0.25, -0.2) is 13.1 Å². The zero-order valence-corrected chi connectivity index (χ0v) is 22.7. The first-order valence-electron chi connectivity index (χ1n) is 13.4. The molecule has 5 aromatic rings. The van der Waals surface area contributed by atoms with Crippen LogP contribution < -0.4 is 4.72 Å². The molecule has 0 amide bonds. The predicted octanol–water partition coefficient (Wildman–Crippen LogP) is 7.53. The molecule has 0 aliphatic heterocycles. The Morgan fingerprint density at radius 1 is 0.615 bits per heavy atom. The number of rotatable bonds is 7. The highest BCUT2D eigenvalue weighted by atomic mass is 32.2. The Bertz CT molecular complexity index is 1630. The summed E-state index contributed by atoms with van der Waals surface area (Å²) in [6.07, 6.45) is 0.870. The maximum absolute atomic E-state index is 13.9. The van der Waals surface area contributed by atoms with E-state index in [9.17, 15) is 8.42 Å². The van der Waals surface area contributed by atoms with Gasteiger partial charge in [-0.1, -0.05) is 127 Å². The Hall–Kier alpha value is -3.99. The Labute approximate surface area is 231 Å². The largest absolute Gasteiger partial charge is 0.241 e. The molecule has 0 aromatic heterocycles. The molecule has 1 N–H and O–H groups in total. The first kappa shape index (κ1) is 25.3. The number of nitrogens with one attached hydrogen (secondary N) is 1. The van der Waals surface area contributed by atoms with Gasteiger partial charge in [-0.15, -0.1) is 0 Å². The molecule has 0 fully saturated rings. The summed E-state index contributed by atoms with van der Waals surface area (Å²) in [4.78, 5) is 0.269. The third-order valence-electron chi connectivity index (χ3n) is 7.84. The summed E-state index contributed by atoms with van der Waals surface area (Å²) >= 11 is 0. The molecule has 0 unspecified atom stereocenters. The van der Waals surface area contributed by atoms with E-state index in [0.717, 1.165) is 23.1 Å². The molecular formula is C35H31NO2S. The van der Waals surface area contributed by atoms with Crippen LogP contribution in [0.4, 0.5) is 0 Å². The minimum absolute atomic E-state index is 0.0422. The van der Waals surface area contributed by atoms with Crippen molar-refractivity contribution >= 4 is 10.0 Å². The second-order valence-corrected chi connectivity index (χ2v) is 12.0. The fourth-order valence-corrected chi connectivity index (χ4v) is 7.22. The van der Waals surface area contributed by atoms with Crippen molar-refractivity contribution in [2.45, 2.75) is 36.1 Å². The van der Waals surface area contributed by atoms with Gasteiger partial charge in [-0.2, -0.15) is 0 Å². The quantitative estimate of drug-likeness (QED) is 0.237. The monoisotopic (exact) mass is 529 g/mol. The highest BCUT2D eigenvalue weighted by molar-refractivity contribution is 7.89. The zero-order chi connectivity index (χ0) is 26.8. The van der Waals surface area contributed by atoms with Crippen molar-refractivity contribution in [3.8, 4) is 0 Å². The minimum Gasteiger partial charge on any atom is -0.207 e. The molecular weight excluding hydrogens is 498 g/mol. The van der Waals surface area contributed by atoms with E-state index in [0.29, 0.717) is 0 Å². The second-order valence-electron chi connectivity index (χ2n) is 10.3. The van der Waals surface area contributed by atoms with Crippen LogP contribution in [0.1, 0.15) is 56.8 Å². The summed E-state index contributed by atoms with van der Waals surface area (Å²) in [5, 5.41) is 0. The molecule has 1 aliphatic carbocycles. The molecule has 1 aliphatic rings. The smallest absolute Gasteiger partial charge is 0.207 e. The molecule has 6 rings (SSSR count). The first-order chi connectivity index (χ1) is 19.0. The topological polar surface area (TPSA) is 46.2 Å². The average molecular weight is 530 g/mol. The lowest BCUT2D eigenvalue weighted by atomic mass is 9.67. The van der Waals surface area contributed by atoms with Crippen molar-refractivity contribution in [2.24, 2.45) is 0 Å². The van der Waals surface area contributed by atoms with Crippen LogP contribution >= 0.6 is 0 Å². The highest BCUT2D eigenvalue weighted by Crippen LogP contribution is 2.50. The zero-order valence-electron chi connectivity index (χ0n) is 21.9. The molecule has 0 saturated heterocycles. The Morgan fingerprint density at radius 3 is 1.67 bits per heavy atom. The first-order valence-corrected chi connectivity index (χ1v) is 14.8. The normalized spacial score (nSPS) is 14.7. The van der Waals surface area contributed by atoms with Crippen molar-refractivity contribution in [1.29, 1.82) is 0 Å². The number of hydrogen-bond donors (Lipinski definition) is 1. The van der Waals surface area contributed by atoms with Gasteiger partial charge in [0.05, 0.1) is 10.9 Å². The van der Waals surface area contributed by atoms with Crippen molar-refractivity contribution in [3.63, 3.8) is 0 Å². The van der Waals surface area contributed by atoms with E-state index >= 15 is 0 Å². The van der Waals surface area contributed by atoms with Crippen LogP contribution in [0.5, 0.6) is 0 Å². The van der Waals surface area contributed by atoms with E-state index in [-0.39, 0.29) is 16.7 Å². The third-order valence-corrected chi connectivity index (χ3v) is 9.29. The van der Waals surface area contributed by atoms with E-state index < -0.39 is 16.1 Å². The van der Waals surface area contributed by atoms with Crippen molar-refractivity contribution < 1.29 is 8.42 Å². The molecule has 3 nitrogen and oxygen atoms in total. The maximum Gasteiger partial charge on any atom is 0.241 e. The standard InChI is InChI=1S/C35H31NO2S/c1-25-20-22-30(23-21-25)39(37,38)36-35(27-14-6-3-7-15-27)33(26-12-4-2-5-13-26)34-31-18-10-8-16-28(31)24-29-17-9-11-19-32(29)34/h2-23,33-36H,24H2,1H3/t33-,35-/m0/s1. The molecule has 5 aromatic carbocycles. The Kier molecular flexibility index (Phi) is 6.90. The Morgan fingerprint density at radius 2 is 1.10 bits per heavy atom. The molecule has 194 valence electrons. The molecule has 0 saturated carbocycles. The fraction of sp³-hybridized carbons (Fsp3) is 0.143. The molecule has 0 radical (unpaired) electrons. The SMILES string of the molecule is Cc1ccc(S(=O)(=O)N[C@@H](c2ccccc2)[C@@H](c2ccccc2)C2c3ccccc3Cc3ccccc32)cc1. The lowest BCUT2D eigenvalue weighted by Crippen LogP contribution is -2.36. The number of aryl methyl sites for hydroxylation is 1. The fourth-order valence-electron chi connectivity index (χ4n) is 5.97. The van der Waals surface area contributed by atoms with Gasteiger partial charge >= 0.3 is 0 Å². The molecule has 4 heteroatoms. The summed E-state index contributed by atoms with van der Waals surface area (Å²) in [6, 6.07) is 44.1. The highest BCUT2D eigenvalue weighted by Gasteiger charge is 2.39. The molecule has 39 heavy (non-hydrogen) atoms. The van der Waals surface area contributed by atoms with E-state index in [1.807, 2.05) is 67.6 Å². The summed E-state index contributed by atoms with van der Waals surface area (Å²) < 4.78 is 31.0. The van der Waals surface area contributed by atoms with Gasteiger partial charge in [0.1, 0.15) is 0 Å². The summed E-state index contributed by atoms with van der Waals surface area (Å²) in [5.41, 5.74) is 8.12. The van der Waals surface area contributed by atoms with E-state index in [1.165, 1.54) is 22.3 Å². The van der Waals surface area contributed by atoms with Gasteiger partial charge in [0.25, 0.3) is 0 Å².